The minimum Gasteiger partial charge on any atom is -0.481 e. The molecule has 2 aliphatic heterocycles. The van der Waals surface area contributed by atoms with Crippen molar-refractivity contribution in [2.24, 2.45) is 7.05 Å². The summed E-state index contributed by atoms with van der Waals surface area (Å²) in [7, 11) is 4.81. The van der Waals surface area contributed by atoms with E-state index in [1.165, 1.54) is 16.9 Å². The fourth-order valence-corrected chi connectivity index (χ4v) is 6.17. The van der Waals surface area contributed by atoms with Gasteiger partial charge < -0.3 is 19.7 Å². The Morgan fingerprint density at radius 3 is 2.60 bits per heavy atom. The lowest BCUT2D eigenvalue weighted by Gasteiger charge is -2.30. The first kappa shape index (κ1) is 28.8. The maximum atomic E-state index is 13.8. The van der Waals surface area contributed by atoms with Gasteiger partial charge >= 0.3 is 0 Å². The maximum absolute atomic E-state index is 13.8. The predicted octanol–water partition coefficient (Wildman–Crippen LogP) is 3.77. The van der Waals surface area contributed by atoms with Crippen LogP contribution in [0.4, 0.5) is 5.69 Å². The van der Waals surface area contributed by atoms with E-state index in [1.54, 1.807) is 36.4 Å². The second kappa shape index (κ2) is 13.0. The predicted molar refractivity (Wildman–Crippen MR) is 181 cm³/mol. The monoisotopic (exact) mass is 649 g/mol. The number of fused-ring (bicyclic) bond motifs is 1. The molecule has 0 radical (unpaired) electrons. The number of carbonyl (C=O) groups is 2. The van der Waals surface area contributed by atoms with Crippen LogP contribution in [0.2, 0.25) is 0 Å². The zero-order valence-electron chi connectivity index (χ0n) is 28.9. The van der Waals surface area contributed by atoms with Crippen LogP contribution in [0.5, 0.6) is 5.88 Å². The standard InChI is InChI=1S/C35H37N9O4/c1-42-22-37-33(41-42)25-6-4-23(5-7-25)24-11-15-44(16-12-24)31(45)20-43-17-13-35(21-43,48-3)34(46)38-27-8-9-29-28(19-27)32(40-39-29)26-10-14-36-30(18-26)47-2/h4-11,14,18-19,22H,12-13,15-17,20-21H2,1-3H3,(H,38,46)(H,39,40)/t35-/m0/s1/i20D2. The summed E-state index contributed by atoms with van der Waals surface area (Å²) in [5.74, 6) is 0.0519. The number of nitrogens with one attached hydrogen (secondary N) is 2. The number of ether oxygens (including phenoxy) is 2. The molecule has 13 heteroatoms. The molecule has 5 heterocycles. The van der Waals surface area contributed by atoms with Crippen LogP contribution in [0, 0.1) is 0 Å². The molecule has 0 aliphatic carbocycles. The van der Waals surface area contributed by atoms with Crippen LogP contribution >= 0.6 is 0 Å². The van der Waals surface area contributed by atoms with E-state index in [4.69, 9.17) is 12.2 Å². The van der Waals surface area contributed by atoms with Gasteiger partial charge in [-0.25, -0.2) is 9.97 Å². The summed E-state index contributed by atoms with van der Waals surface area (Å²) < 4.78 is 30.4. The number of likely N-dealkylation sites (tertiary alicyclic amines) is 1. The first-order valence-corrected chi connectivity index (χ1v) is 15.7. The molecular formula is C35H37N9O4. The number of methoxy groups -OCH3 is 2. The average molecular weight is 650 g/mol. The lowest BCUT2D eigenvalue weighted by molar-refractivity contribution is -0.138. The molecule has 246 valence electrons. The molecule has 0 saturated carbocycles. The first-order valence-electron chi connectivity index (χ1n) is 16.7. The van der Waals surface area contributed by atoms with E-state index in [1.807, 2.05) is 55.6 Å². The van der Waals surface area contributed by atoms with E-state index in [0.29, 0.717) is 36.1 Å². The number of anilines is 1. The third-order valence-electron chi connectivity index (χ3n) is 8.94. The van der Waals surface area contributed by atoms with Crippen molar-refractivity contribution in [2.45, 2.75) is 18.4 Å². The number of H-pyrrole nitrogens is 1. The number of aryl methyl sites for hydroxylation is 1. The summed E-state index contributed by atoms with van der Waals surface area (Å²) in [5, 5.41) is 15.6. The molecule has 0 unspecified atom stereocenters. The summed E-state index contributed by atoms with van der Waals surface area (Å²) in [5.41, 5.74) is 4.47. The van der Waals surface area contributed by atoms with Crippen LogP contribution in [0.3, 0.4) is 0 Å². The van der Waals surface area contributed by atoms with Crippen LogP contribution in [0.1, 0.15) is 21.1 Å². The number of pyridine rings is 1. The summed E-state index contributed by atoms with van der Waals surface area (Å²) in [4.78, 5) is 38.7. The lowest BCUT2D eigenvalue weighted by atomic mass is 9.98. The van der Waals surface area contributed by atoms with Gasteiger partial charge in [0, 0.05) is 74.8 Å². The minimum absolute atomic E-state index is 0.0868. The van der Waals surface area contributed by atoms with Gasteiger partial charge in [0.05, 0.1) is 21.9 Å². The zero-order chi connectivity index (χ0) is 35.0. The molecule has 1 atom stereocenters. The molecule has 2 N–H and O–H groups in total. The van der Waals surface area contributed by atoms with E-state index >= 15 is 0 Å². The zero-order valence-corrected chi connectivity index (χ0v) is 26.9. The van der Waals surface area contributed by atoms with Crippen molar-refractivity contribution in [3.05, 3.63) is 78.8 Å². The van der Waals surface area contributed by atoms with Crippen molar-refractivity contribution < 1.29 is 21.8 Å². The molecule has 7 rings (SSSR count). The van der Waals surface area contributed by atoms with Crippen LogP contribution in [0.25, 0.3) is 39.1 Å². The number of benzene rings is 2. The molecule has 0 bridgehead atoms. The largest absolute Gasteiger partial charge is 0.481 e. The normalized spacial score (nSPS) is 19.1. The molecule has 1 fully saturated rings. The average Bonchev–Trinajstić information content (AvgIpc) is 3.90. The highest BCUT2D eigenvalue weighted by Gasteiger charge is 2.45. The molecule has 1 saturated heterocycles. The Labute approximate surface area is 280 Å². The van der Waals surface area contributed by atoms with Gasteiger partial charge in [-0.05, 0) is 48.2 Å². The van der Waals surface area contributed by atoms with E-state index in [2.05, 4.69) is 30.6 Å². The van der Waals surface area contributed by atoms with Crippen molar-refractivity contribution in [2.75, 3.05) is 52.2 Å². The highest BCUT2D eigenvalue weighted by Crippen LogP contribution is 2.32. The lowest BCUT2D eigenvalue weighted by Crippen LogP contribution is -2.48. The molecule has 0 spiro atoms. The molecule has 13 nitrogen and oxygen atoms in total. The van der Waals surface area contributed by atoms with Crippen LogP contribution < -0.4 is 10.1 Å². The third kappa shape index (κ3) is 6.17. The van der Waals surface area contributed by atoms with Crippen molar-refractivity contribution >= 4 is 34.0 Å². The molecule has 2 amide bonds. The molecule has 48 heavy (non-hydrogen) atoms. The smallest absolute Gasteiger partial charge is 0.258 e. The number of hydrogen-bond donors (Lipinski definition) is 2. The number of hydrogen-bond acceptors (Lipinski definition) is 9. The van der Waals surface area contributed by atoms with Gasteiger partial charge in [0.25, 0.3) is 5.91 Å². The number of rotatable bonds is 9. The first-order chi connectivity index (χ1) is 24.1. The quantitative estimate of drug-likeness (QED) is 0.244. The molecule has 3 aromatic heterocycles. The number of carbonyl (C=O) groups excluding carboxylic acids is 2. The Balaban J connectivity index is 1.01. The van der Waals surface area contributed by atoms with Gasteiger partial charge in [-0.2, -0.15) is 10.2 Å². The highest BCUT2D eigenvalue weighted by molar-refractivity contribution is 6.01. The van der Waals surface area contributed by atoms with Gasteiger partial charge in [-0.15, -0.1) is 0 Å². The Morgan fingerprint density at radius 2 is 1.88 bits per heavy atom. The van der Waals surface area contributed by atoms with Crippen molar-refractivity contribution in [3.63, 3.8) is 0 Å². The van der Waals surface area contributed by atoms with Crippen molar-refractivity contribution in [1.29, 1.82) is 0 Å². The number of nitrogens with zero attached hydrogens (tertiary/aromatic N) is 7. The number of amides is 2. The fourth-order valence-electron chi connectivity index (χ4n) is 6.17. The van der Waals surface area contributed by atoms with E-state index in [-0.39, 0.29) is 26.1 Å². The van der Waals surface area contributed by atoms with Crippen LogP contribution in [-0.2, 0) is 21.4 Å². The van der Waals surface area contributed by atoms with E-state index in [9.17, 15) is 9.59 Å². The summed E-state index contributed by atoms with van der Waals surface area (Å²) >= 11 is 0. The van der Waals surface area contributed by atoms with Crippen molar-refractivity contribution in [1.82, 2.24) is 39.7 Å². The number of aromatic nitrogens is 6. The fraction of sp³-hybridized carbons (Fsp3) is 0.314. The van der Waals surface area contributed by atoms with Gasteiger partial charge in [0.2, 0.25) is 11.8 Å². The van der Waals surface area contributed by atoms with Gasteiger partial charge in [-0.1, -0.05) is 30.3 Å². The van der Waals surface area contributed by atoms with Crippen molar-refractivity contribution in [3.8, 4) is 28.5 Å². The summed E-state index contributed by atoms with van der Waals surface area (Å²) in [6, 6.07) is 17.0. The second-order valence-corrected chi connectivity index (χ2v) is 11.9. The van der Waals surface area contributed by atoms with E-state index in [0.717, 1.165) is 33.2 Å². The summed E-state index contributed by atoms with van der Waals surface area (Å²) in [6.07, 6.45) is 6.07. The Bertz CT molecular complexity index is 2100. The summed E-state index contributed by atoms with van der Waals surface area (Å²) in [6.45, 7) is -1.59. The van der Waals surface area contributed by atoms with Crippen LogP contribution in [-0.4, -0.2) is 104 Å². The Hall–Kier alpha value is -5.40. The Morgan fingerprint density at radius 1 is 1.04 bits per heavy atom. The topological polar surface area (TPSA) is 143 Å². The van der Waals surface area contributed by atoms with Crippen LogP contribution in [0.15, 0.2) is 73.2 Å². The highest BCUT2D eigenvalue weighted by atomic mass is 16.5. The van der Waals surface area contributed by atoms with Gasteiger partial charge in [0.1, 0.15) is 12.0 Å². The third-order valence-corrected chi connectivity index (χ3v) is 8.94. The molecular weight excluding hydrogens is 610 g/mol. The molecule has 2 aromatic carbocycles. The SMILES string of the molecule is [2H]C([2H])(C(=O)N1CC=C(c2ccc(-c3ncn(C)n3)cc2)CC1)N1CC[C@@](OC)(C(=O)Nc2ccc3[nH]nc(-c4ccnc(OC)c4)c3c2)C1. The van der Waals surface area contributed by atoms with Gasteiger partial charge in [-0.3, -0.25) is 24.3 Å². The Kier molecular flexibility index (Phi) is 7.80. The maximum Gasteiger partial charge on any atom is 0.258 e. The minimum atomic E-state index is -2.33. The number of aromatic amines is 1. The molecule has 2 aliphatic rings. The molecule has 5 aromatic rings. The van der Waals surface area contributed by atoms with Gasteiger partial charge in [0.15, 0.2) is 11.4 Å². The second-order valence-electron chi connectivity index (χ2n) is 11.9. The van der Waals surface area contributed by atoms with E-state index < -0.39 is 23.9 Å².